The molecular weight excluding hydrogens is 256 g/mol. The molecule has 1 saturated carbocycles. The van der Waals surface area contributed by atoms with Crippen LogP contribution in [0, 0.1) is 11.8 Å². The van der Waals surface area contributed by atoms with Crippen molar-refractivity contribution in [1.82, 2.24) is 10.2 Å². The average Bonchev–Trinajstić information content (AvgIpc) is 2.64. The zero-order chi connectivity index (χ0) is 14.7. The van der Waals surface area contributed by atoms with Crippen LogP contribution in [0.15, 0.2) is 24.3 Å². The Labute approximate surface area is 129 Å². The molecule has 2 heteroatoms. The number of nitrogens with zero attached hydrogens (tertiary/aromatic N) is 1. The SMILES string of the molecule is CC(C)CNCC1CCC1N1CCCc2ccccc2C1. The number of fused-ring (bicyclic) bond motifs is 1. The van der Waals surface area contributed by atoms with E-state index in [1.165, 1.54) is 45.3 Å². The zero-order valence-electron chi connectivity index (χ0n) is 13.6. The lowest BCUT2D eigenvalue weighted by Crippen LogP contribution is -2.50. The summed E-state index contributed by atoms with van der Waals surface area (Å²) >= 11 is 0. The second-order valence-electron chi connectivity index (χ2n) is 7.30. The molecule has 2 aliphatic rings. The van der Waals surface area contributed by atoms with E-state index in [2.05, 4.69) is 48.3 Å². The molecule has 21 heavy (non-hydrogen) atoms. The van der Waals surface area contributed by atoms with E-state index >= 15 is 0 Å². The van der Waals surface area contributed by atoms with Crippen molar-refractivity contribution in [1.29, 1.82) is 0 Å². The minimum atomic E-state index is 0.758. The molecule has 1 aromatic rings. The fraction of sp³-hybridized carbons (Fsp3) is 0.684. The third-order valence-electron chi connectivity index (χ3n) is 5.19. The van der Waals surface area contributed by atoms with Crippen LogP contribution in [0.2, 0.25) is 0 Å². The number of aryl methyl sites for hydroxylation is 1. The molecule has 0 aromatic heterocycles. The normalized spacial score (nSPS) is 26.2. The van der Waals surface area contributed by atoms with E-state index in [1.807, 2.05) is 0 Å². The van der Waals surface area contributed by atoms with Crippen LogP contribution < -0.4 is 5.32 Å². The molecule has 1 aliphatic carbocycles. The van der Waals surface area contributed by atoms with E-state index in [0.29, 0.717) is 0 Å². The highest BCUT2D eigenvalue weighted by atomic mass is 15.2. The lowest BCUT2D eigenvalue weighted by molar-refractivity contribution is 0.0562. The van der Waals surface area contributed by atoms with Crippen molar-refractivity contribution < 1.29 is 0 Å². The van der Waals surface area contributed by atoms with E-state index in [9.17, 15) is 0 Å². The van der Waals surface area contributed by atoms with Gasteiger partial charge in [0.1, 0.15) is 0 Å². The Kier molecular flexibility index (Phi) is 4.97. The Bertz CT molecular complexity index is 455. The summed E-state index contributed by atoms with van der Waals surface area (Å²) in [6, 6.07) is 9.86. The molecule has 0 amide bonds. The van der Waals surface area contributed by atoms with Crippen molar-refractivity contribution in [2.75, 3.05) is 19.6 Å². The summed E-state index contributed by atoms with van der Waals surface area (Å²) < 4.78 is 0. The maximum absolute atomic E-state index is 3.66. The van der Waals surface area contributed by atoms with Crippen LogP contribution in [-0.2, 0) is 13.0 Å². The lowest BCUT2D eigenvalue weighted by Gasteiger charge is -2.44. The number of nitrogens with one attached hydrogen (secondary N) is 1. The predicted molar refractivity (Wildman–Crippen MR) is 89.4 cm³/mol. The minimum Gasteiger partial charge on any atom is -0.316 e. The van der Waals surface area contributed by atoms with Gasteiger partial charge in [-0.05, 0) is 68.3 Å². The summed E-state index contributed by atoms with van der Waals surface area (Å²) in [4.78, 5) is 2.76. The van der Waals surface area contributed by atoms with Crippen molar-refractivity contribution in [3.63, 3.8) is 0 Å². The van der Waals surface area contributed by atoms with Crippen LogP contribution in [-0.4, -0.2) is 30.6 Å². The fourth-order valence-electron chi connectivity index (χ4n) is 3.84. The van der Waals surface area contributed by atoms with Crippen LogP contribution in [0.25, 0.3) is 0 Å². The Morgan fingerprint density at radius 1 is 1.19 bits per heavy atom. The highest BCUT2D eigenvalue weighted by Crippen LogP contribution is 2.34. The van der Waals surface area contributed by atoms with Gasteiger partial charge in [-0.2, -0.15) is 0 Å². The molecule has 0 bridgehead atoms. The topological polar surface area (TPSA) is 15.3 Å². The van der Waals surface area contributed by atoms with Gasteiger partial charge in [0.2, 0.25) is 0 Å². The molecule has 1 aliphatic heterocycles. The minimum absolute atomic E-state index is 0.758. The summed E-state index contributed by atoms with van der Waals surface area (Å²) in [6.07, 6.45) is 5.39. The van der Waals surface area contributed by atoms with Gasteiger partial charge in [0.25, 0.3) is 0 Å². The molecule has 116 valence electrons. The van der Waals surface area contributed by atoms with Gasteiger partial charge in [-0.25, -0.2) is 0 Å². The van der Waals surface area contributed by atoms with Gasteiger partial charge in [-0.3, -0.25) is 4.90 Å². The molecule has 2 atom stereocenters. The molecule has 1 fully saturated rings. The second-order valence-corrected chi connectivity index (χ2v) is 7.30. The van der Waals surface area contributed by atoms with Crippen LogP contribution >= 0.6 is 0 Å². The van der Waals surface area contributed by atoms with Gasteiger partial charge in [-0.1, -0.05) is 38.1 Å². The maximum Gasteiger partial charge on any atom is 0.0239 e. The van der Waals surface area contributed by atoms with Gasteiger partial charge < -0.3 is 5.32 Å². The van der Waals surface area contributed by atoms with Crippen molar-refractivity contribution in [2.45, 2.75) is 52.1 Å². The average molecular weight is 286 g/mol. The number of rotatable bonds is 5. The number of hydrogen-bond donors (Lipinski definition) is 1. The second kappa shape index (κ2) is 6.93. The summed E-state index contributed by atoms with van der Waals surface area (Å²) in [5, 5.41) is 3.66. The third-order valence-corrected chi connectivity index (χ3v) is 5.19. The first-order valence-corrected chi connectivity index (χ1v) is 8.75. The number of benzene rings is 1. The van der Waals surface area contributed by atoms with Crippen molar-refractivity contribution >= 4 is 0 Å². The molecule has 0 spiro atoms. The molecule has 2 nitrogen and oxygen atoms in total. The van der Waals surface area contributed by atoms with E-state index in [0.717, 1.165) is 24.4 Å². The first-order chi connectivity index (χ1) is 10.2. The van der Waals surface area contributed by atoms with Gasteiger partial charge >= 0.3 is 0 Å². The summed E-state index contributed by atoms with van der Waals surface area (Å²) in [7, 11) is 0. The fourth-order valence-corrected chi connectivity index (χ4v) is 3.84. The zero-order valence-corrected chi connectivity index (χ0v) is 13.6. The van der Waals surface area contributed by atoms with Gasteiger partial charge in [0.05, 0.1) is 0 Å². The standard InChI is InChI=1S/C19H30N2/c1-15(2)12-20-13-17-9-10-19(17)21-11-5-8-16-6-3-4-7-18(16)14-21/h3-4,6-7,15,17,19-20H,5,8-14H2,1-2H3. The summed E-state index contributed by atoms with van der Waals surface area (Å²) in [5.74, 6) is 1.63. The molecule has 2 unspecified atom stereocenters. The van der Waals surface area contributed by atoms with Crippen LogP contribution in [0.3, 0.4) is 0 Å². The summed E-state index contributed by atoms with van der Waals surface area (Å²) in [6.45, 7) is 9.39. The molecule has 0 saturated heterocycles. The Hall–Kier alpha value is -0.860. The quantitative estimate of drug-likeness (QED) is 0.892. The van der Waals surface area contributed by atoms with E-state index < -0.39 is 0 Å². The monoisotopic (exact) mass is 286 g/mol. The van der Waals surface area contributed by atoms with Crippen molar-refractivity contribution in [3.8, 4) is 0 Å². The number of hydrogen-bond acceptors (Lipinski definition) is 2. The molecule has 1 aromatic carbocycles. The highest BCUT2D eigenvalue weighted by Gasteiger charge is 2.35. The lowest BCUT2D eigenvalue weighted by atomic mass is 9.78. The van der Waals surface area contributed by atoms with E-state index in [1.54, 1.807) is 11.1 Å². The molecular formula is C19H30N2. The smallest absolute Gasteiger partial charge is 0.0239 e. The molecule has 1 N–H and O–H groups in total. The first-order valence-electron chi connectivity index (χ1n) is 8.75. The van der Waals surface area contributed by atoms with Gasteiger partial charge in [0.15, 0.2) is 0 Å². The Balaban J connectivity index is 1.57. The largest absolute Gasteiger partial charge is 0.316 e. The van der Waals surface area contributed by atoms with Gasteiger partial charge in [0, 0.05) is 12.6 Å². The van der Waals surface area contributed by atoms with E-state index in [-0.39, 0.29) is 0 Å². The summed E-state index contributed by atoms with van der Waals surface area (Å²) in [5.41, 5.74) is 3.14. The maximum atomic E-state index is 3.66. The Morgan fingerprint density at radius 2 is 2.00 bits per heavy atom. The first kappa shape index (κ1) is 15.1. The predicted octanol–water partition coefficient (Wildman–Crippen LogP) is 3.46. The van der Waals surface area contributed by atoms with Crippen LogP contribution in [0.4, 0.5) is 0 Å². The molecule has 3 rings (SSSR count). The Morgan fingerprint density at radius 3 is 2.71 bits per heavy atom. The van der Waals surface area contributed by atoms with Gasteiger partial charge in [-0.15, -0.1) is 0 Å². The van der Waals surface area contributed by atoms with Crippen molar-refractivity contribution in [3.05, 3.63) is 35.4 Å². The van der Waals surface area contributed by atoms with E-state index in [4.69, 9.17) is 0 Å². The molecule has 1 heterocycles. The molecule has 0 radical (unpaired) electrons. The highest BCUT2D eigenvalue weighted by molar-refractivity contribution is 5.28. The van der Waals surface area contributed by atoms with Crippen LogP contribution in [0.5, 0.6) is 0 Å². The van der Waals surface area contributed by atoms with Crippen LogP contribution in [0.1, 0.15) is 44.2 Å². The van der Waals surface area contributed by atoms with Crippen molar-refractivity contribution in [2.24, 2.45) is 11.8 Å². The third kappa shape index (κ3) is 3.67.